The van der Waals surface area contributed by atoms with Gasteiger partial charge in [0.1, 0.15) is 5.54 Å². The average Bonchev–Trinajstić information content (AvgIpc) is 3.33. The van der Waals surface area contributed by atoms with Crippen LogP contribution in [0.3, 0.4) is 0 Å². The zero-order valence-electron chi connectivity index (χ0n) is 17.6. The molecule has 1 unspecified atom stereocenters. The predicted octanol–water partition coefficient (Wildman–Crippen LogP) is 3.03. The minimum absolute atomic E-state index is 0.108. The molecule has 0 aliphatic carbocycles. The fourth-order valence-corrected chi connectivity index (χ4v) is 3.46. The molecule has 2 aromatic carbocycles. The van der Waals surface area contributed by atoms with Crippen LogP contribution in [0, 0.1) is 6.92 Å². The quantitative estimate of drug-likeness (QED) is 0.609. The van der Waals surface area contributed by atoms with Crippen LogP contribution in [0.15, 0.2) is 47.0 Å². The summed E-state index contributed by atoms with van der Waals surface area (Å²) in [4.78, 5) is 31.2. The molecule has 3 amide bonds. The summed E-state index contributed by atoms with van der Waals surface area (Å²) in [6, 6.07) is 12.1. The predicted molar refractivity (Wildman–Crippen MR) is 110 cm³/mol. The van der Waals surface area contributed by atoms with Crippen LogP contribution < -0.4 is 14.8 Å². The molecule has 2 heterocycles. The number of carbonyl (C=O) groups excluding carboxylic acids is 2. The summed E-state index contributed by atoms with van der Waals surface area (Å²) >= 11 is 0. The highest BCUT2D eigenvalue weighted by Crippen LogP contribution is 2.35. The minimum Gasteiger partial charge on any atom is -0.493 e. The Labute approximate surface area is 179 Å². The van der Waals surface area contributed by atoms with Gasteiger partial charge in [-0.15, -0.1) is 0 Å². The van der Waals surface area contributed by atoms with Crippen molar-refractivity contribution in [1.82, 2.24) is 20.4 Å². The third-order valence-electron chi connectivity index (χ3n) is 5.30. The molecular weight excluding hydrogens is 400 g/mol. The molecule has 0 bridgehead atoms. The maximum absolute atomic E-state index is 13.2. The van der Waals surface area contributed by atoms with Crippen molar-refractivity contribution < 1.29 is 23.6 Å². The first-order chi connectivity index (χ1) is 14.9. The van der Waals surface area contributed by atoms with Gasteiger partial charge in [-0.05, 0) is 43.7 Å². The molecule has 0 radical (unpaired) electrons. The summed E-state index contributed by atoms with van der Waals surface area (Å²) in [5.41, 5.74) is 1.17. The van der Waals surface area contributed by atoms with E-state index in [0.29, 0.717) is 23.0 Å². The van der Waals surface area contributed by atoms with E-state index in [1.807, 2.05) is 31.2 Å². The number of amides is 3. The van der Waals surface area contributed by atoms with E-state index >= 15 is 0 Å². The second kappa shape index (κ2) is 7.75. The van der Waals surface area contributed by atoms with Gasteiger partial charge in [0, 0.05) is 5.56 Å². The van der Waals surface area contributed by atoms with Gasteiger partial charge in [0.2, 0.25) is 0 Å². The fourth-order valence-electron chi connectivity index (χ4n) is 3.46. The number of aryl methyl sites for hydroxylation is 1. The zero-order valence-corrected chi connectivity index (χ0v) is 17.6. The third kappa shape index (κ3) is 3.58. The molecule has 1 N–H and O–H groups in total. The Morgan fingerprint density at radius 1 is 1.06 bits per heavy atom. The topological polar surface area (TPSA) is 107 Å². The highest BCUT2D eigenvalue weighted by Gasteiger charge is 2.49. The van der Waals surface area contributed by atoms with Gasteiger partial charge in [-0.2, -0.15) is 4.98 Å². The molecule has 1 aliphatic rings. The van der Waals surface area contributed by atoms with E-state index in [2.05, 4.69) is 15.5 Å². The number of urea groups is 1. The van der Waals surface area contributed by atoms with E-state index in [1.54, 1.807) is 25.1 Å². The van der Waals surface area contributed by atoms with Crippen molar-refractivity contribution in [2.75, 3.05) is 14.2 Å². The summed E-state index contributed by atoms with van der Waals surface area (Å²) in [6.45, 7) is 3.52. The smallest absolute Gasteiger partial charge is 0.325 e. The summed E-state index contributed by atoms with van der Waals surface area (Å²) in [5, 5.41) is 6.68. The van der Waals surface area contributed by atoms with Crippen LogP contribution in [0.1, 0.15) is 23.9 Å². The SMILES string of the molecule is COc1ccc(C2(C)NC(=O)N(Cc3noc(-c4ccc(C)cc4)n3)C2=O)cc1OC. The van der Waals surface area contributed by atoms with Gasteiger partial charge >= 0.3 is 6.03 Å². The second-order valence-corrected chi connectivity index (χ2v) is 7.40. The number of methoxy groups -OCH3 is 2. The number of ether oxygens (including phenoxy) is 2. The van der Waals surface area contributed by atoms with Crippen LogP contribution in [0.25, 0.3) is 11.5 Å². The van der Waals surface area contributed by atoms with Gasteiger partial charge in [0.15, 0.2) is 17.3 Å². The average molecular weight is 422 g/mol. The molecule has 0 saturated carbocycles. The number of aromatic nitrogens is 2. The number of rotatable bonds is 6. The van der Waals surface area contributed by atoms with E-state index in [1.165, 1.54) is 14.2 Å². The summed E-state index contributed by atoms with van der Waals surface area (Å²) < 4.78 is 15.9. The molecule has 3 aromatic rings. The summed E-state index contributed by atoms with van der Waals surface area (Å²) in [5.74, 6) is 1.12. The van der Waals surface area contributed by atoms with Crippen molar-refractivity contribution in [2.24, 2.45) is 0 Å². The van der Waals surface area contributed by atoms with E-state index in [4.69, 9.17) is 14.0 Å². The van der Waals surface area contributed by atoms with Crippen LogP contribution >= 0.6 is 0 Å². The van der Waals surface area contributed by atoms with Crippen molar-refractivity contribution in [3.05, 3.63) is 59.4 Å². The van der Waals surface area contributed by atoms with Gasteiger partial charge in [-0.3, -0.25) is 9.69 Å². The Balaban J connectivity index is 1.57. The van der Waals surface area contributed by atoms with Crippen LogP contribution in [0.5, 0.6) is 11.5 Å². The Morgan fingerprint density at radius 3 is 2.45 bits per heavy atom. The maximum atomic E-state index is 13.2. The number of nitrogens with one attached hydrogen (secondary N) is 1. The summed E-state index contributed by atoms with van der Waals surface area (Å²) in [6.07, 6.45) is 0. The number of nitrogens with zero attached hydrogens (tertiary/aromatic N) is 3. The zero-order chi connectivity index (χ0) is 22.2. The number of benzene rings is 2. The lowest BCUT2D eigenvalue weighted by atomic mass is 9.91. The highest BCUT2D eigenvalue weighted by molar-refractivity contribution is 6.07. The van der Waals surface area contributed by atoms with Gasteiger partial charge in [0.25, 0.3) is 11.8 Å². The first-order valence-electron chi connectivity index (χ1n) is 9.62. The number of carbonyl (C=O) groups is 2. The van der Waals surface area contributed by atoms with Gasteiger partial charge < -0.3 is 19.3 Å². The van der Waals surface area contributed by atoms with Gasteiger partial charge in [-0.25, -0.2) is 4.79 Å². The van der Waals surface area contributed by atoms with Crippen LogP contribution in [0.2, 0.25) is 0 Å². The van der Waals surface area contributed by atoms with Crippen molar-refractivity contribution in [3.63, 3.8) is 0 Å². The Hall–Kier alpha value is -3.88. The molecule has 0 spiro atoms. The molecule has 1 fully saturated rings. The number of hydrogen-bond donors (Lipinski definition) is 1. The Kier molecular flexibility index (Phi) is 5.10. The van der Waals surface area contributed by atoms with Gasteiger partial charge in [0.05, 0.1) is 20.8 Å². The standard InChI is InChI=1S/C22H22N4O5/c1-13-5-7-14(8-6-13)19-23-18(25-31-19)12-26-20(27)22(2,24-21(26)28)15-9-10-16(29-3)17(11-15)30-4/h5-11H,12H2,1-4H3,(H,24,28). The fraction of sp³-hybridized carbons (Fsp3) is 0.273. The first-order valence-corrected chi connectivity index (χ1v) is 9.62. The molecule has 1 saturated heterocycles. The van der Waals surface area contributed by atoms with E-state index in [0.717, 1.165) is 16.0 Å². The molecule has 160 valence electrons. The Bertz CT molecular complexity index is 1140. The van der Waals surface area contributed by atoms with Crippen molar-refractivity contribution in [1.29, 1.82) is 0 Å². The van der Waals surface area contributed by atoms with Crippen LogP contribution in [-0.4, -0.2) is 41.2 Å². The molecule has 1 atom stereocenters. The van der Waals surface area contributed by atoms with E-state index in [9.17, 15) is 9.59 Å². The van der Waals surface area contributed by atoms with Crippen molar-refractivity contribution in [2.45, 2.75) is 25.9 Å². The molecule has 4 rings (SSSR count). The monoisotopic (exact) mass is 422 g/mol. The minimum atomic E-state index is -1.26. The van der Waals surface area contributed by atoms with Crippen molar-refractivity contribution in [3.8, 4) is 23.0 Å². The normalized spacial score (nSPS) is 18.3. The molecule has 31 heavy (non-hydrogen) atoms. The third-order valence-corrected chi connectivity index (χ3v) is 5.30. The maximum Gasteiger partial charge on any atom is 0.325 e. The molecule has 9 nitrogen and oxygen atoms in total. The lowest BCUT2D eigenvalue weighted by Gasteiger charge is -2.23. The van der Waals surface area contributed by atoms with E-state index < -0.39 is 17.5 Å². The Morgan fingerprint density at radius 2 is 1.77 bits per heavy atom. The summed E-state index contributed by atoms with van der Waals surface area (Å²) in [7, 11) is 3.03. The van der Waals surface area contributed by atoms with Gasteiger partial charge in [-0.1, -0.05) is 28.9 Å². The lowest BCUT2D eigenvalue weighted by Crippen LogP contribution is -2.40. The van der Waals surface area contributed by atoms with Crippen LogP contribution in [-0.2, 0) is 16.9 Å². The molecule has 1 aromatic heterocycles. The highest BCUT2D eigenvalue weighted by atomic mass is 16.5. The van der Waals surface area contributed by atoms with E-state index in [-0.39, 0.29) is 12.4 Å². The molecule has 9 heteroatoms. The number of hydrogen-bond acceptors (Lipinski definition) is 7. The first kappa shape index (κ1) is 20.4. The van der Waals surface area contributed by atoms with Crippen LogP contribution in [0.4, 0.5) is 4.79 Å². The molecule has 1 aliphatic heterocycles. The lowest BCUT2D eigenvalue weighted by molar-refractivity contribution is -0.131. The number of imide groups is 1. The largest absolute Gasteiger partial charge is 0.493 e. The van der Waals surface area contributed by atoms with Crippen molar-refractivity contribution >= 4 is 11.9 Å². The molecular formula is C22H22N4O5. The second-order valence-electron chi connectivity index (χ2n) is 7.40.